The molecule has 1 aromatic carbocycles. The van der Waals surface area contributed by atoms with E-state index in [1.54, 1.807) is 14.0 Å². The van der Waals surface area contributed by atoms with Gasteiger partial charge in [-0.2, -0.15) is 0 Å². The molecule has 1 fully saturated rings. The van der Waals surface area contributed by atoms with Gasteiger partial charge in [0.15, 0.2) is 6.29 Å². The molecule has 0 unspecified atom stereocenters. The largest absolute Gasteiger partial charge is 0.497 e. The molecule has 1 aromatic rings. The van der Waals surface area contributed by atoms with E-state index in [1.807, 2.05) is 38.1 Å². The van der Waals surface area contributed by atoms with Crippen molar-refractivity contribution < 1.29 is 19.0 Å². The van der Waals surface area contributed by atoms with Crippen LogP contribution in [0.15, 0.2) is 24.3 Å². The van der Waals surface area contributed by atoms with Crippen molar-refractivity contribution in [3.8, 4) is 5.75 Å². The summed E-state index contributed by atoms with van der Waals surface area (Å²) in [6.07, 6.45) is 0.193. The van der Waals surface area contributed by atoms with E-state index in [4.69, 9.17) is 14.2 Å². The molecule has 2 rings (SSSR count). The van der Waals surface area contributed by atoms with Gasteiger partial charge in [0, 0.05) is 11.0 Å². The Hall–Kier alpha value is -1.39. The summed E-state index contributed by atoms with van der Waals surface area (Å²) >= 11 is 0. The molecule has 20 heavy (non-hydrogen) atoms. The molecule has 1 aliphatic rings. The quantitative estimate of drug-likeness (QED) is 0.849. The summed E-state index contributed by atoms with van der Waals surface area (Å²) in [5.41, 5.74) is 0.448. The highest BCUT2D eigenvalue weighted by Gasteiger charge is 2.39. The second-order valence-electron chi connectivity index (χ2n) is 5.67. The fraction of sp³-hybridized carbons (Fsp3) is 0.562. The number of hydrogen-bond donors (Lipinski definition) is 0. The summed E-state index contributed by atoms with van der Waals surface area (Å²) in [5, 5.41) is 0. The third kappa shape index (κ3) is 3.02. The van der Waals surface area contributed by atoms with Gasteiger partial charge in [-0.05, 0) is 25.5 Å². The third-order valence-electron chi connectivity index (χ3n) is 4.04. The number of carbonyl (C=O) groups excluding carboxylic acids is 1. The Balaban J connectivity index is 2.12. The van der Waals surface area contributed by atoms with E-state index in [0.717, 1.165) is 17.7 Å². The number of Topliss-reactive ketones (excluding diaryl/α,β-unsaturated/α-hetero) is 1. The maximum absolute atomic E-state index is 11.8. The fourth-order valence-corrected chi connectivity index (χ4v) is 2.23. The predicted octanol–water partition coefficient (Wildman–Crippen LogP) is 3.11. The lowest BCUT2D eigenvalue weighted by Gasteiger charge is -2.38. The Kier molecular flexibility index (Phi) is 4.45. The molecule has 0 aromatic heterocycles. The first-order valence-electron chi connectivity index (χ1n) is 6.87. The highest BCUT2D eigenvalue weighted by molar-refractivity contribution is 5.82. The van der Waals surface area contributed by atoms with E-state index in [2.05, 4.69) is 0 Å². The van der Waals surface area contributed by atoms with E-state index >= 15 is 0 Å². The molecule has 110 valence electrons. The van der Waals surface area contributed by atoms with Gasteiger partial charge in [0.05, 0.1) is 19.8 Å². The molecule has 4 nitrogen and oxygen atoms in total. The average Bonchev–Trinajstić information content (AvgIpc) is 2.47. The van der Waals surface area contributed by atoms with E-state index in [1.165, 1.54) is 0 Å². The Bertz CT molecular complexity index is 464. The fourth-order valence-electron chi connectivity index (χ4n) is 2.23. The predicted molar refractivity (Wildman–Crippen MR) is 75.6 cm³/mol. The van der Waals surface area contributed by atoms with Crippen molar-refractivity contribution in [1.29, 1.82) is 0 Å². The number of ketones is 1. The molecule has 0 radical (unpaired) electrons. The molecule has 0 spiro atoms. The zero-order valence-corrected chi connectivity index (χ0v) is 12.5. The topological polar surface area (TPSA) is 44.8 Å². The lowest BCUT2D eigenvalue weighted by atomic mass is 9.81. The molecule has 0 N–H and O–H groups in total. The van der Waals surface area contributed by atoms with Crippen molar-refractivity contribution in [3.05, 3.63) is 29.8 Å². The maximum Gasteiger partial charge on any atom is 0.184 e. The van der Waals surface area contributed by atoms with Gasteiger partial charge < -0.3 is 14.2 Å². The van der Waals surface area contributed by atoms with Crippen LogP contribution in [0.1, 0.15) is 39.0 Å². The maximum atomic E-state index is 11.8. The molecular formula is C16H22O4. The van der Waals surface area contributed by atoms with Gasteiger partial charge in [0.25, 0.3) is 0 Å². The molecule has 0 bridgehead atoms. The van der Waals surface area contributed by atoms with Gasteiger partial charge in [0.2, 0.25) is 0 Å². The van der Waals surface area contributed by atoms with Gasteiger partial charge in [-0.3, -0.25) is 4.79 Å². The zero-order chi connectivity index (χ0) is 14.8. The summed E-state index contributed by atoms with van der Waals surface area (Å²) < 4.78 is 16.8. The number of hydrogen-bond acceptors (Lipinski definition) is 4. The van der Waals surface area contributed by atoms with E-state index in [9.17, 15) is 4.79 Å². The van der Waals surface area contributed by atoms with Crippen molar-refractivity contribution >= 4 is 5.78 Å². The normalized spacial score (nSPS) is 23.4. The summed E-state index contributed by atoms with van der Waals surface area (Å²) in [7, 11) is 1.63. The zero-order valence-electron chi connectivity index (χ0n) is 12.5. The van der Waals surface area contributed by atoms with Crippen LogP contribution in [0.2, 0.25) is 0 Å². The Morgan fingerprint density at radius 3 is 2.50 bits per heavy atom. The van der Waals surface area contributed by atoms with Crippen LogP contribution in [0.3, 0.4) is 0 Å². The molecule has 4 heteroatoms. The Morgan fingerprint density at radius 2 is 1.95 bits per heavy atom. The minimum atomic E-state index is -0.492. The van der Waals surface area contributed by atoms with Crippen molar-refractivity contribution in [2.24, 2.45) is 5.41 Å². The van der Waals surface area contributed by atoms with E-state index < -0.39 is 11.7 Å². The van der Waals surface area contributed by atoms with Crippen LogP contribution in [0, 0.1) is 5.41 Å². The smallest absolute Gasteiger partial charge is 0.184 e. The summed E-state index contributed by atoms with van der Waals surface area (Å²) in [5.74, 6) is 0.933. The Morgan fingerprint density at radius 1 is 1.30 bits per heavy atom. The summed E-state index contributed by atoms with van der Waals surface area (Å²) in [6.45, 7) is 6.06. The SMILES string of the molecule is COc1ccc([C@H]2OCC[C@@H](C(C)(C)C(C)=O)O2)cc1. The van der Waals surface area contributed by atoms with Crippen LogP contribution in [0.5, 0.6) is 5.75 Å². The van der Waals surface area contributed by atoms with Gasteiger partial charge in [0.1, 0.15) is 11.5 Å². The van der Waals surface area contributed by atoms with Gasteiger partial charge in [-0.15, -0.1) is 0 Å². The minimum Gasteiger partial charge on any atom is -0.497 e. The number of rotatable bonds is 4. The average molecular weight is 278 g/mol. The number of methoxy groups -OCH3 is 1. The molecule has 1 saturated heterocycles. The van der Waals surface area contributed by atoms with Crippen molar-refractivity contribution in [3.63, 3.8) is 0 Å². The molecule has 0 amide bonds. The molecule has 1 aliphatic heterocycles. The van der Waals surface area contributed by atoms with Crippen LogP contribution < -0.4 is 4.74 Å². The van der Waals surface area contributed by atoms with E-state index in [-0.39, 0.29) is 11.9 Å². The summed E-state index contributed by atoms with van der Waals surface area (Å²) in [4.78, 5) is 11.8. The second kappa shape index (κ2) is 5.94. The van der Waals surface area contributed by atoms with Crippen molar-refractivity contribution in [2.75, 3.05) is 13.7 Å². The third-order valence-corrected chi connectivity index (χ3v) is 4.04. The summed E-state index contributed by atoms with van der Waals surface area (Å²) in [6, 6.07) is 7.60. The lowest BCUT2D eigenvalue weighted by molar-refractivity contribution is -0.238. The first kappa shape index (κ1) is 15.0. The van der Waals surface area contributed by atoms with Crippen LogP contribution in [0.4, 0.5) is 0 Å². The van der Waals surface area contributed by atoms with Gasteiger partial charge in [-0.1, -0.05) is 26.0 Å². The molecule has 2 atom stereocenters. The van der Waals surface area contributed by atoms with Gasteiger partial charge in [-0.25, -0.2) is 0 Å². The van der Waals surface area contributed by atoms with Crippen LogP contribution in [0.25, 0.3) is 0 Å². The minimum absolute atomic E-state index is 0.124. The number of benzene rings is 1. The molecule has 0 saturated carbocycles. The van der Waals surface area contributed by atoms with Crippen LogP contribution in [-0.4, -0.2) is 25.6 Å². The Labute approximate surface area is 120 Å². The molecule has 1 heterocycles. The highest BCUT2D eigenvalue weighted by atomic mass is 16.7. The van der Waals surface area contributed by atoms with Crippen molar-refractivity contribution in [1.82, 2.24) is 0 Å². The second-order valence-corrected chi connectivity index (χ2v) is 5.67. The molecule has 0 aliphatic carbocycles. The lowest BCUT2D eigenvalue weighted by Crippen LogP contribution is -2.42. The van der Waals surface area contributed by atoms with Gasteiger partial charge >= 0.3 is 0 Å². The van der Waals surface area contributed by atoms with Crippen LogP contribution in [-0.2, 0) is 14.3 Å². The van der Waals surface area contributed by atoms with Crippen molar-refractivity contribution in [2.45, 2.75) is 39.6 Å². The number of carbonyl (C=O) groups is 1. The molecular weight excluding hydrogens is 256 g/mol. The van der Waals surface area contributed by atoms with E-state index in [0.29, 0.717) is 6.61 Å². The first-order valence-corrected chi connectivity index (χ1v) is 6.87. The number of ether oxygens (including phenoxy) is 3. The van der Waals surface area contributed by atoms with Crippen LogP contribution >= 0.6 is 0 Å². The highest BCUT2D eigenvalue weighted by Crippen LogP contribution is 2.36. The standard InChI is InChI=1S/C16H22O4/c1-11(17)16(2,3)14-9-10-19-15(20-14)12-5-7-13(18-4)8-6-12/h5-8,14-15H,9-10H2,1-4H3/t14-,15-/m0/s1. The first-order chi connectivity index (χ1) is 9.45. The monoisotopic (exact) mass is 278 g/mol.